The van der Waals surface area contributed by atoms with Gasteiger partial charge in [-0.05, 0) is 48.7 Å². The first-order valence-corrected chi connectivity index (χ1v) is 15.5. The largest absolute Gasteiger partial charge is 0.354 e. The van der Waals surface area contributed by atoms with E-state index >= 15 is 0 Å². The number of sulfonamides is 1. The van der Waals surface area contributed by atoms with Crippen molar-refractivity contribution in [1.82, 2.24) is 10.2 Å². The molecule has 0 aliphatic carbocycles. The molecule has 0 aromatic heterocycles. The van der Waals surface area contributed by atoms with Crippen LogP contribution in [-0.2, 0) is 32.6 Å². The molecule has 2 amide bonds. The lowest BCUT2D eigenvalue weighted by molar-refractivity contribution is -0.140. The molecule has 1 unspecified atom stereocenters. The molecule has 0 heterocycles. The third-order valence-corrected chi connectivity index (χ3v) is 8.74. The van der Waals surface area contributed by atoms with Gasteiger partial charge in [-0.3, -0.25) is 13.9 Å². The fourth-order valence-corrected chi connectivity index (χ4v) is 6.09. The summed E-state index contributed by atoms with van der Waals surface area (Å²) in [5.74, 6) is -0.759. The van der Waals surface area contributed by atoms with Gasteiger partial charge in [-0.2, -0.15) is 0 Å². The minimum Gasteiger partial charge on any atom is -0.354 e. The SMILES string of the molecule is CCCNC(=O)C(Cc1ccccc1)N(Cc1ccc(C)cc1)C(=O)CN(c1ccccc1)S(=O)(=O)c1ccccc1. The maximum absolute atomic E-state index is 14.3. The highest BCUT2D eigenvalue weighted by Gasteiger charge is 2.34. The second-order valence-corrected chi connectivity index (χ2v) is 12.0. The van der Waals surface area contributed by atoms with E-state index in [0.29, 0.717) is 12.2 Å². The highest BCUT2D eigenvalue weighted by Crippen LogP contribution is 2.25. The molecule has 1 N–H and O–H groups in total. The summed E-state index contributed by atoms with van der Waals surface area (Å²) < 4.78 is 28.9. The number of hydrogen-bond donors (Lipinski definition) is 1. The van der Waals surface area contributed by atoms with Crippen molar-refractivity contribution in [3.05, 3.63) is 132 Å². The minimum absolute atomic E-state index is 0.0771. The third-order valence-electron chi connectivity index (χ3n) is 6.95. The van der Waals surface area contributed by atoms with Gasteiger partial charge in [-0.25, -0.2) is 8.42 Å². The van der Waals surface area contributed by atoms with Crippen molar-refractivity contribution in [3.63, 3.8) is 0 Å². The van der Waals surface area contributed by atoms with Gasteiger partial charge < -0.3 is 10.2 Å². The quantitative estimate of drug-likeness (QED) is 0.230. The zero-order valence-electron chi connectivity index (χ0n) is 24.0. The second-order valence-electron chi connectivity index (χ2n) is 10.2. The van der Waals surface area contributed by atoms with Gasteiger partial charge in [0, 0.05) is 19.5 Å². The molecule has 4 aromatic carbocycles. The molecule has 42 heavy (non-hydrogen) atoms. The van der Waals surface area contributed by atoms with Crippen LogP contribution in [0.15, 0.2) is 120 Å². The Labute approximate surface area is 248 Å². The zero-order valence-corrected chi connectivity index (χ0v) is 24.8. The van der Waals surface area contributed by atoms with Gasteiger partial charge in [0.05, 0.1) is 10.6 Å². The van der Waals surface area contributed by atoms with E-state index in [4.69, 9.17) is 0 Å². The first-order valence-electron chi connectivity index (χ1n) is 14.1. The number of para-hydroxylation sites is 1. The summed E-state index contributed by atoms with van der Waals surface area (Å²) >= 11 is 0. The maximum atomic E-state index is 14.3. The molecule has 4 aromatic rings. The molecule has 0 spiro atoms. The van der Waals surface area contributed by atoms with Crippen molar-refractivity contribution in [2.45, 2.75) is 44.2 Å². The van der Waals surface area contributed by atoms with Crippen LogP contribution >= 0.6 is 0 Å². The molecule has 0 bridgehead atoms. The van der Waals surface area contributed by atoms with E-state index in [-0.39, 0.29) is 23.8 Å². The van der Waals surface area contributed by atoms with Crippen LogP contribution in [0.5, 0.6) is 0 Å². The number of nitrogens with zero attached hydrogens (tertiary/aromatic N) is 2. The number of carbonyl (C=O) groups excluding carboxylic acids is 2. The van der Waals surface area contributed by atoms with Crippen molar-refractivity contribution in [2.24, 2.45) is 0 Å². The number of carbonyl (C=O) groups is 2. The van der Waals surface area contributed by atoms with Crippen molar-refractivity contribution >= 4 is 27.5 Å². The first-order chi connectivity index (χ1) is 20.3. The van der Waals surface area contributed by atoms with E-state index in [1.54, 1.807) is 48.5 Å². The van der Waals surface area contributed by atoms with Gasteiger partial charge in [0.15, 0.2) is 0 Å². The molecule has 7 nitrogen and oxygen atoms in total. The van der Waals surface area contributed by atoms with E-state index in [0.717, 1.165) is 27.4 Å². The maximum Gasteiger partial charge on any atom is 0.264 e. The van der Waals surface area contributed by atoms with Gasteiger partial charge >= 0.3 is 0 Å². The van der Waals surface area contributed by atoms with Crippen LogP contribution in [0.1, 0.15) is 30.0 Å². The molecule has 0 saturated carbocycles. The van der Waals surface area contributed by atoms with Crippen LogP contribution in [0, 0.1) is 6.92 Å². The van der Waals surface area contributed by atoms with E-state index < -0.39 is 28.5 Å². The minimum atomic E-state index is -4.09. The van der Waals surface area contributed by atoms with E-state index in [1.165, 1.54) is 17.0 Å². The van der Waals surface area contributed by atoms with Crippen LogP contribution in [-0.4, -0.2) is 44.3 Å². The van der Waals surface area contributed by atoms with E-state index in [2.05, 4.69) is 5.32 Å². The molecule has 0 aliphatic rings. The van der Waals surface area contributed by atoms with Gasteiger partial charge in [0.25, 0.3) is 10.0 Å². The lowest BCUT2D eigenvalue weighted by Crippen LogP contribution is -2.53. The average molecular weight is 584 g/mol. The van der Waals surface area contributed by atoms with Gasteiger partial charge in [0.2, 0.25) is 11.8 Å². The van der Waals surface area contributed by atoms with Crippen molar-refractivity contribution in [1.29, 1.82) is 0 Å². The first kappa shape index (κ1) is 30.5. The Morgan fingerprint density at radius 3 is 1.93 bits per heavy atom. The molecule has 0 fully saturated rings. The van der Waals surface area contributed by atoms with Crippen LogP contribution in [0.25, 0.3) is 0 Å². The lowest BCUT2D eigenvalue weighted by Gasteiger charge is -2.34. The number of hydrogen-bond acceptors (Lipinski definition) is 4. The Kier molecular flexibility index (Phi) is 10.5. The number of anilines is 1. The standard InChI is InChI=1S/C34H37N3O4S/c1-3-23-35-34(39)32(24-28-13-7-4-8-14-28)36(25-29-21-19-27(2)20-22-29)33(38)26-37(30-15-9-5-10-16-30)42(40,41)31-17-11-6-12-18-31/h4-22,32H,3,23-26H2,1-2H3,(H,35,39). The number of aryl methyl sites for hydroxylation is 1. The number of rotatable bonds is 13. The molecule has 8 heteroatoms. The van der Waals surface area contributed by atoms with E-state index in [9.17, 15) is 18.0 Å². The van der Waals surface area contributed by atoms with Crippen LogP contribution in [0.2, 0.25) is 0 Å². The van der Waals surface area contributed by atoms with Crippen LogP contribution in [0.3, 0.4) is 0 Å². The number of nitrogens with one attached hydrogen (secondary N) is 1. The Balaban J connectivity index is 1.76. The third kappa shape index (κ3) is 7.85. The molecule has 0 aliphatic heterocycles. The number of benzene rings is 4. The molecular weight excluding hydrogens is 546 g/mol. The molecule has 4 rings (SSSR count). The monoisotopic (exact) mass is 583 g/mol. The smallest absolute Gasteiger partial charge is 0.264 e. The Bertz CT molecular complexity index is 1550. The summed E-state index contributed by atoms with van der Waals surface area (Å²) in [7, 11) is -4.09. The van der Waals surface area contributed by atoms with Crippen molar-refractivity contribution in [2.75, 3.05) is 17.4 Å². The highest BCUT2D eigenvalue weighted by molar-refractivity contribution is 7.92. The van der Waals surface area contributed by atoms with Crippen LogP contribution < -0.4 is 9.62 Å². The van der Waals surface area contributed by atoms with Gasteiger partial charge in [-0.1, -0.05) is 103 Å². The molecule has 0 saturated heterocycles. The predicted octanol–water partition coefficient (Wildman–Crippen LogP) is 5.36. The Morgan fingerprint density at radius 1 is 0.762 bits per heavy atom. The lowest BCUT2D eigenvalue weighted by atomic mass is 10.0. The van der Waals surface area contributed by atoms with Gasteiger partial charge in [0.1, 0.15) is 12.6 Å². The summed E-state index contributed by atoms with van der Waals surface area (Å²) in [4.78, 5) is 29.6. The fourth-order valence-electron chi connectivity index (χ4n) is 4.65. The van der Waals surface area contributed by atoms with E-state index in [1.807, 2.05) is 68.4 Å². The van der Waals surface area contributed by atoms with Gasteiger partial charge in [-0.15, -0.1) is 0 Å². The Hall–Kier alpha value is -4.43. The topological polar surface area (TPSA) is 86.8 Å². The molecule has 218 valence electrons. The zero-order chi connectivity index (χ0) is 30.0. The average Bonchev–Trinajstić information content (AvgIpc) is 3.02. The molecule has 1 atom stereocenters. The summed E-state index contributed by atoms with van der Waals surface area (Å²) in [6.07, 6.45) is 1.03. The summed E-state index contributed by atoms with van der Waals surface area (Å²) in [6.45, 7) is 4.09. The second kappa shape index (κ2) is 14.5. The fraction of sp³-hybridized carbons (Fsp3) is 0.235. The summed E-state index contributed by atoms with van der Waals surface area (Å²) in [5.41, 5.74) is 3.17. The van der Waals surface area contributed by atoms with Crippen molar-refractivity contribution < 1.29 is 18.0 Å². The predicted molar refractivity (Wildman–Crippen MR) is 166 cm³/mol. The Morgan fingerprint density at radius 2 is 1.33 bits per heavy atom. The van der Waals surface area contributed by atoms with Crippen LogP contribution in [0.4, 0.5) is 5.69 Å². The number of amides is 2. The molecular formula is C34H37N3O4S. The summed E-state index contributed by atoms with van der Waals surface area (Å²) in [6, 6.07) is 33.1. The normalized spacial score (nSPS) is 11.9. The highest BCUT2D eigenvalue weighted by atomic mass is 32.2. The summed E-state index contributed by atoms with van der Waals surface area (Å²) in [5, 5.41) is 2.96. The molecule has 0 radical (unpaired) electrons. The van der Waals surface area contributed by atoms with Crippen molar-refractivity contribution in [3.8, 4) is 0 Å².